The molecule has 0 atom stereocenters. The lowest BCUT2D eigenvalue weighted by Crippen LogP contribution is -2.36. The lowest BCUT2D eigenvalue weighted by atomic mass is 9.98. The van der Waals surface area contributed by atoms with E-state index in [4.69, 9.17) is 4.74 Å². The van der Waals surface area contributed by atoms with Crippen LogP contribution in [0.3, 0.4) is 0 Å². The second-order valence-corrected chi connectivity index (χ2v) is 7.62. The van der Waals surface area contributed by atoms with Gasteiger partial charge in [0.15, 0.2) is 17.4 Å². The number of rotatable bonds is 6. The average molecular weight is 409 g/mol. The Morgan fingerprint density at radius 1 is 0.967 bits per heavy atom. The zero-order valence-electron chi connectivity index (χ0n) is 17.0. The van der Waals surface area contributed by atoms with Crippen molar-refractivity contribution in [2.24, 2.45) is 5.92 Å². The lowest BCUT2D eigenvalue weighted by Gasteiger charge is -2.31. The van der Waals surface area contributed by atoms with Crippen molar-refractivity contribution < 1.29 is 13.5 Å². The number of anilines is 1. The monoisotopic (exact) mass is 409 g/mol. The minimum atomic E-state index is -0.671. The van der Waals surface area contributed by atoms with E-state index in [1.807, 2.05) is 42.7 Å². The number of hydrogen-bond donors (Lipinski definition) is 0. The molecule has 2 heterocycles. The lowest BCUT2D eigenvalue weighted by molar-refractivity contribution is 0.207. The fraction of sp³-hybridized carbons (Fsp3) is 0.333. The van der Waals surface area contributed by atoms with Crippen molar-refractivity contribution >= 4 is 5.95 Å². The normalized spacial score (nSPS) is 14.7. The molecule has 1 saturated heterocycles. The molecule has 4 rings (SSSR count). The predicted octanol–water partition coefficient (Wildman–Crippen LogP) is 5.28. The van der Waals surface area contributed by atoms with E-state index in [2.05, 4.69) is 21.8 Å². The van der Waals surface area contributed by atoms with Gasteiger partial charge in [-0.2, -0.15) is 0 Å². The second kappa shape index (κ2) is 9.20. The summed E-state index contributed by atoms with van der Waals surface area (Å²) in [5, 5.41) is 0. The summed E-state index contributed by atoms with van der Waals surface area (Å²) in [7, 11) is 0. The van der Waals surface area contributed by atoms with E-state index < -0.39 is 11.6 Å². The van der Waals surface area contributed by atoms with E-state index in [0.717, 1.165) is 49.4 Å². The minimum absolute atomic E-state index is 0.240. The number of aromatic nitrogens is 2. The highest BCUT2D eigenvalue weighted by molar-refractivity contribution is 5.64. The van der Waals surface area contributed by atoms with Crippen LogP contribution in [0, 0.1) is 17.6 Å². The van der Waals surface area contributed by atoms with E-state index in [1.165, 1.54) is 12.1 Å². The average Bonchev–Trinajstić information content (AvgIpc) is 2.79. The van der Waals surface area contributed by atoms with Crippen LogP contribution in [-0.4, -0.2) is 29.7 Å². The molecule has 0 bridgehead atoms. The van der Waals surface area contributed by atoms with Gasteiger partial charge >= 0.3 is 0 Å². The molecule has 1 fully saturated rings. The van der Waals surface area contributed by atoms with Gasteiger partial charge in [-0.05, 0) is 54.0 Å². The molecule has 1 aliphatic heterocycles. The molecule has 30 heavy (non-hydrogen) atoms. The number of benzene rings is 2. The summed E-state index contributed by atoms with van der Waals surface area (Å²) in [6, 6.07) is 11.8. The van der Waals surface area contributed by atoms with Crippen LogP contribution < -0.4 is 9.64 Å². The van der Waals surface area contributed by atoms with E-state index >= 15 is 0 Å². The molecule has 0 N–H and O–H groups in total. The van der Waals surface area contributed by atoms with Crippen molar-refractivity contribution in [3.05, 3.63) is 72.1 Å². The van der Waals surface area contributed by atoms with Gasteiger partial charge in [0.25, 0.3) is 0 Å². The Labute approximate surface area is 175 Å². The van der Waals surface area contributed by atoms with Crippen LogP contribution in [-0.2, 0) is 6.42 Å². The van der Waals surface area contributed by atoms with E-state index in [1.54, 1.807) is 0 Å². The third kappa shape index (κ3) is 4.58. The van der Waals surface area contributed by atoms with E-state index in [-0.39, 0.29) is 11.7 Å². The highest BCUT2D eigenvalue weighted by Crippen LogP contribution is 2.30. The Morgan fingerprint density at radius 2 is 1.60 bits per heavy atom. The predicted molar refractivity (Wildman–Crippen MR) is 114 cm³/mol. The van der Waals surface area contributed by atoms with Gasteiger partial charge in [-0.25, -0.2) is 18.7 Å². The highest BCUT2D eigenvalue weighted by Gasteiger charge is 2.23. The third-order valence-corrected chi connectivity index (χ3v) is 5.57. The molecule has 156 valence electrons. The quantitative estimate of drug-likeness (QED) is 0.555. The first-order valence-corrected chi connectivity index (χ1v) is 10.4. The smallest absolute Gasteiger partial charge is 0.225 e. The second-order valence-electron chi connectivity index (χ2n) is 7.62. The summed E-state index contributed by atoms with van der Waals surface area (Å²) in [4.78, 5) is 11.0. The van der Waals surface area contributed by atoms with Crippen LogP contribution in [0.15, 0.2) is 54.9 Å². The van der Waals surface area contributed by atoms with Crippen LogP contribution in [0.25, 0.3) is 11.1 Å². The topological polar surface area (TPSA) is 38.2 Å². The molecule has 2 aromatic carbocycles. The van der Waals surface area contributed by atoms with Crippen molar-refractivity contribution in [3.63, 3.8) is 0 Å². The number of piperidine rings is 1. The molecule has 1 aliphatic rings. The first kappa shape index (κ1) is 20.3. The Morgan fingerprint density at radius 3 is 2.20 bits per heavy atom. The zero-order valence-corrected chi connectivity index (χ0v) is 17.0. The fourth-order valence-electron chi connectivity index (χ4n) is 3.69. The maximum absolute atomic E-state index is 14.5. The SMILES string of the molecule is CCc1cnc(N2CCC(COc3c(F)cc(-c4ccccc4)cc3F)CC2)nc1. The summed E-state index contributed by atoms with van der Waals surface area (Å²) in [6.07, 6.45) is 6.37. The molecule has 6 heteroatoms. The van der Waals surface area contributed by atoms with Crippen LogP contribution in [0.1, 0.15) is 25.3 Å². The molecule has 0 radical (unpaired) electrons. The van der Waals surface area contributed by atoms with Crippen molar-refractivity contribution in [2.75, 3.05) is 24.6 Å². The van der Waals surface area contributed by atoms with Crippen LogP contribution in [0.4, 0.5) is 14.7 Å². The summed E-state index contributed by atoms with van der Waals surface area (Å²) < 4.78 is 34.6. The standard InChI is InChI=1S/C24H25F2N3O/c1-2-17-14-27-24(28-15-17)29-10-8-18(9-11-29)16-30-23-21(25)12-20(13-22(23)26)19-6-4-3-5-7-19/h3-7,12-15,18H,2,8-11,16H2,1H3. The first-order valence-electron chi connectivity index (χ1n) is 10.4. The molecule has 3 aromatic rings. The van der Waals surface area contributed by atoms with Crippen molar-refractivity contribution in [1.82, 2.24) is 9.97 Å². The Bertz CT molecular complexity index is 948. The molecule has 0 amide bonds. The van der Waals surface area contributed by atoms with Gasteiger partial charge < -0.3 is 9.64 Å². The number of nitrogens with zero attached hydrogens (tertiary/aromatic N) is 3. The zero-order chi connectivity index (χ0) is 20.9. The van der Waals surface area contributed by atoms with Gasteiger partial charge in [0, 0.05) is 25.5 Å². The molecule has 0 unspecified atom stereocenters. The molecule has 0 saturated carbocycles. The van der Waals surface area contributed by atoms with Gasteiger partial charge in [-0.15, -0.1) is 0 Å². The van der Waals surface area contributed by atoms with Gasteiger partial charge in [0.05, 0.1) is 6.61 Å². The molecular weight excluding hydrogens is 384 g/mol. The fourth-order valence-corrected chi connectivity index (χ4v) is 3.69. The van der Waals surface area contributed by atoms with Gasteiger partial charge in [-0.1, -0.05) is 37.3 Å². The van der Waals surface area contributed by atoms with Crippen LogP contribution in [0.2, 0.25) is 0 Å². The van der Waals surface area contributed by atoms with Gasteiger partial charge in [-0.3, -0.25) is 0 Å². The van der Waals surface area contributed by atoms with Gasteiger partial charge in [0.2, 0.25) is 5.95 Å². The van der Waals surface area contributed by atoms with Crippen LogP contribution >= 0.6 is 0 Å². The molecule has 4 nitrogen and oxygen atoms in total. The largest absolute Gasteiger partial charge is 0.487 e. The number of ether oxygens (including phenoxy) is 1. The Balaban J connectivity index is 1.34. The highest BCUT2D eigenvalue weighted by atomic mass is 19.1. The summed E-state index contributed by atoms with van der Waals surface area (Å²) in [5.41, 5.74) is 2.38. The summed E-state index contributed by atoms with van der Waals surface area (Å²) in [6.45, 7) is 3.97. The molecule has 1 aromatic heterocycles. The molecular formula is C24H25F2N3O. The third-order valence-electron chi connectivity index (χ3n) is 5.57. The van der Waals surface area contributed by atoms with Crippen LogP contribution in [0.5, 0.6) is 5.75 Å². The molecule has 0 aliphatic carbocycles. The summed E-state index contributed by atoms with van der Waals surface area (Å²) in [5.74, 6) is -0.661. The number of aryl methyl sites for hydroxylation is 1. The van der Waals surface area contributed by atoms with E-state index in [0.29, 0.717) is 12.2 Å². The van der Waals surface area contributed by atoms with Crippen molar-refractivity contribution in [2.45, 2.75) is 26.2 Å². The van der Waals surface area contributed by atoms with Gasteiger partial charge in [0.1, 0.15) is 0 Å². The Hall–Kier alpha value is -3.02. The maximum atomic E-state index is 14.5. The number of halogens is 2. The maximum Gasteiger partial charge on any atom is 0.225 e. The number of hydrogen-bond acceptors (Lipinski definition) is 4. The van der Waals surface area contributed by atoms with Crippen molar-refractivity contribution in [3.8, 4) is 16.9 Å². The first-order chi connectivity index (χ1) is 14.6. The molecule has 0 spiro atoms. The van der Waals surface area contributed by atoms with Crippen molar-refractivity contribution in [1.29, 1.82) is 0 Å². The minimum Gasteiger partial charge on any atom is -0.487 e. The summed E-state index contributed by atoms with van der Waals surface area (Å²) >= 11 is 0. The Kier molecular flexibility index (Phi) is 6.21. The van der Waals surface area contributed by atoms with E-state index in [9.17, 15) is 8.78 Å².